The van der Waals surface area contributed by atoms with Gasteiger partial charge in [0.05, 0.1) is 10.9 Å². The number of hydrogen-bond acceptors (Lipinski definition) is 5. The van der Waals surface area contributed by atoms with Crippen molar-refractivity contribution < 1.29 is 8.42 Å². The van der Waals surface area contributed by atoms with Crippen LogP contribution in [0.4, 0.5) is 0 Å². The molecule has 0 N–H and O–H groups in total. The summed E-state index contributed by atoms with van der Waals surface area (Å²) in [5.74, 6) is 0. The molecule has 94 valence electrons. The van der Waals surface area contributed by atoms with Gasteiger partial charge in [0.15, 0.2) is 14.9 Å². The molecular formula is C12H13N3O2S. The highest BCUT2D eigenvalue weighted by Crippen LogP contribution is 2.25. The van der Waals surface area contributed by atoms with Crippen LogP contribution in [0.25, 0.3) is 11.3 Å². The molecule has 0 atom stereocenters. The van der Waals surface area contributed by atoms with E-state index in [9.17, 15) is 8.42 Å². The first kappa shape index (κ1) is 12.6. The second-order valence-electron chi connectivity index (χ2n) is 4.04. The van der Waals surface area contributed by atoms with Gasteiger partial charge >= 0.3 is 0 Å². The Kier molecular flexibility index (Phi) is 3.38. The van der Waals surface area contributed by atoms with Crippen LogP contribution < -0.4 is 0 Å². The van der Waals surface area contributed by atoms with Crippen molar-refractivity contribution in [2.75, 3.05) is 0 Å². The summed E-state index contributed by atoms with van der Waals surface area (Å²) in [5.41, 5.74) is 1.06. The highest BCUT2D eigenvalue weighted by Gasteiger charge is 2.24. The second-order valence-corrected chi connectivity index (χ2v) is 6.46. The molecule has 0 saturated carbocycles. The summed E-state index contributed by atoms with van der Waals surface area (Å²) < 4.78 is 24.4. The zero-order valence-electron chi connectivity index (χ0n) is 10.1. The van der Waals surface area contributed by atoms with Crippen molar-refractivity contribution in [3.05, 3.63) is 36.9 Å². The van der Waals surface area contributed by atoms with Gasteiger partial charge < -0.3 is 0 Å². The summed E-state index contributed by atoms with van der Waals surface area (Å²) in [4.78, 5) is 11.9. The summed E-state index contributed by atoms with van der Waals surface area (Å²) in [6, 6.07) is 5.05. The SMILES string of the molecule is CC(C)S(=O)(=O)c1ncccc1-c1ccncn1. The first-order chi connectivity index (χ1) is 8.53. The van der Waals surface area contributed by atoms with E-state index < -0.39 is 15.1 Å². The summed E-state index contributed by atoms with van der Waals surface area (Å²) in [6.45, 7) is 3.27. The van der Waals surface area contributed by atoms with E-state index in [1.54, 1.807) is 38.2 Å². The van der Waals surface area contributed by atoms with Gasteiger partial charge in [0.1, 0.15) is 6.33 Å². The number of rotatable bonds is 3. The minimum atomic E-state index is -3.43. The highest BCUT2D eigenvalue weighted by atomic mass is 32.2. The fourth-order valence-electron chi connectivity index (χ4n) is 1.49. The van der Waals surface area contributed by atoms with Crippen molar-refractivity contribution in [3.8, 4) is 11.3 Å². The van der Waals surface area contributed by atoms with Gasteiger partial charge in [-0.1, -0.05) is 0 Å². The van der Waals surface area contributed by atoms with Crippen LogP contribution in [0.2, 0.25) is 0 Å². The standard InChI is InChI=1S/C12H13N3O2S/c1-9(2)18(16,17)12-10(4-3-6-14-12)11-5-7-13-8-15-11/h3-9H,1-2H3. The summed E-state index contributed by atoms with van der Waals surface area (Å²) >= 11 is 0. The minimum absolute atomic E-state index is 0.0682. The van der Waals surface area contributed by atoms with Crippen molar-refractivity contribution in [1.82, 2.24) is 15.0 Å². The molecule has 0 aliphatic heterocycles. The van der Waals surface area contributed by atoms with Crippen molar-refractivity contribution in [3.63, 3.8) is 0 Å². The normalized spacial score (nSPS) is 11.7. The fourth-order valence-corrected chi connectivity index (χ4v) is 2.62. The predicted molar refractivity (Wildman–Crippen MR) is 67.6 cm³/mol. The van der Waals surface area contributed by atoms with Gasteiger partial charge in [-0.05, 0) is 32.0 Å². The molecule has 0 aliphatic carbocycles. The lowest BCUT2D eigenvalue weighted by Crippen LogP contribution is -2.16. The Morgan fingerprint density at radius 3 is 2.50 bits per heavy atom. The van der Waals surface area contributed by atoms with E-state index in [-0.39, 0.29) is 5.03 Å². The molecule has 0 aliphatic rings. The Hall–Kier alpha value is -1.82. The highest BCUT2D eigenvalue weighted by molar-refractivity contribution is 7.92. The Bertz CT molecular complexity index is 639. The monoisotopic (exact) mass is 263 g/mol. The first-order valence-corrected chi connectivity index (χ1v) is 7.03. The number of sulfone groups is 1. The lowest BCUT2D eigenvalue weighted by Gasteiger charge is -2.10. The molecule has 0 bridgehead atoms. The molecule has 2 aromatic rings. The Labute approximate surface area is 106 Å². The van der Waals surface area contributed by atoms with Crippen LogP contribution in [-0.4, -0.2) is 28.6 Å². The molecule has 2 heterocycles. The van der Waals surface area contributed by atoms with E-state index in [0.29, 0.717) is 11.3 Å². The fraction of sp³-hybridized carbons (Fsp3) is 0.250. The molecular weight excluding hydrogens is 250 g/mol. The third kappa shape index (κ3) is 2.24. The number of nitrogens with zero attached hydrogens (tertiary/aromatic N) is 3. The minimum Gasteiger partial charge on any atom is -0.245 e. The van der Waals surface area contributed by atoms with Crippen molar-refractivity contribution >= 4 is 9.84 Å². The van der Waals surface area contributed by atoms with Crippen LogP contribution in [0, 0.1) is 0 Å². The molecule has 2 rings (SSSR count). The van der Waals surface area contributed by atoms with E-state index in [1.807, 2.05) is 0 Å². The molecule has 0 spiro atoms. The van der Waals surface area contributed by atoms with Crippen molar-refractivity contribution in [1.29, 1.82) is 0 Å². The van der Waals surface area contributed by atoms with Crippen LogP contribution in [0.5, 0.6) is 0 Å². The van der Waals surface area contributed by atoms with Crippen LogP contribution in [0.15, 0.2) is 41.9 Å². The van der Waals surface area contributed by atoms with Gasteiger partial charge in [-0.2, -0.15) is 0 Å². The predicted octanol–water partition coefficient (Wildman–Crippen LogP) is 1.72. The number of hydrogen-bond donors (Lipinski definition) is 0. The molecule has 18 heavy (non-hydrogen) atoms. The van der Waals surface area contributed by atoms with E-state index in [0.717, 1.165) is 0 Å². The molecule has 0 fully saturated rings. The maximum absolute atomic E-state index is 12.2. The quantitative estimate of drug-likeness (QED) is 0.843. The zero-order chi connectivity index (χ0) is 13.2. The van der Waals surface area contributed by atoms with Crippen molar-refractivity contribution in [2.45, 2.75) is 24.1 Å². The molecule has 0 aromatic carbocycles. The van der Waals surface area contributed by atoms with Gasteiger partial charge in [0.2, 0.25) is 0 Å². The van der Waals surface area contributed by atoms with E-state index in [1.165, 1.54) is 12.5 Å². The molecule has 2 aromatic heterocycles. The largest absolute Gasteiger partial charge is 0.245 e. The van der Waals surface area contributed by atoms with Crippen LogP contribution in [0.1, 0.15) is 13.8 Å². The first-order valence-electron chi connectivity index (χ1n) is 5.49. The van der Waals surface area contributed by atoms with Crippen LogP contribution >= 0.6 is 0 Å². The second kappa shape index (κ2) is 4.81. The average Bonchev–Trinajstić information content (AvgIpc) is 2.39. The maximum atomic E-state index is 12.2. The molecule has 6 heteroatoms. The maximum Gasteiger partial charge on any atom is 0.198 e. The van der Waals surface area contributed by atoms with Crippen molar-refractivity contribution in [2.24, 2.45) is 0 Å². The topological polar surface area (TPSA) is 72.8 Å². The summed E-state index contributed by atoms with van der Waals surface area (Å²) in [6.07, 6.45) is 4.43. The van der Waals surface area contributed by atoms with Crippen LogP contribution in [0.3, 0.4) is 0 Å². The Balaban J connectivity index is 2.65. The Morgan fingerprint density at radius 2 is 1.89 bits per heavy atom. The molecule has 0 unspecified atom stereocenters. The lowest BCUT2D eigenvalue weighted by atomic mass is 10.2. The molecule has 0 amide bonds. The summed E-state index contributed by atoms with van der Waals surface area (Å²) in [5, 5.41) is -0.452. The van der Waals surface area contributed by atoms with Gasteiger partial charge in [-0.25, -0.2) is 23.4 Å². The Morgan fingerprint density at radius 1 is 1.11 bits per heavy atom. The van der Waals surface area contributed by atoms with Gasteiger partial charge in [-0.15, -0.1) is 0 Å². The van der Waals surface area contributed by atoms with Gasteiger partial charge in [-0.3, -0.25) is 0 Å². The smallest absolute Gasteiger partial charge is 0.198 e. The van der Waals surface area contributed by atoms with E-state index in [2.05, 4.69) is 15.0 Å². The molecule has 5 nitrogen and oxygen atoms in total. The number of pyridine rings is 1. The van der Waals surface area contributed by atoms with E-state index in [4.69, 9.17) is 0 Å². The lowest BCUT2D eigenvalue weighted by molar-refractivity contribution is 0.584. The molecule has 0 radical (unpaired) electrons. The van der Waals surface area contributed by atoms with Gasteiger partial charge in [0, 0.05) is 18.0 Å². The zero-order valence-corrected chi connectivity index (χ0v) is 10.9. The van der Waals surface area contributed by atoms with Crippen LogP contribution in [-0.2, 0) is 9.84 Å². The third-order valence-corrected chi connectivity index (χ3v) is 4.62. The summed E-state index contributed by atoms with van der Waals surface area (Å²) in [7, 11) is -3.43. The molecule has 0 saturated heterocycles. The van der Waals surface area contributed by atoms with Gasteiger partial charge in [0.25, 0.3) is 0 Å². The third-order valence-electron chi connectivity index (χ3n) is 2.52. The number of aromatic nitrogens is 3. The van der Waals surface area contributed by atoms with E-state index >= 15 is 0 Å². The average molecular weight is 263 g/mol.